The molecule has 1 heterocycles. The summed E-state index contributed by atoms with van der Waals surface area (Å²) in [5.41, 5.74) is 8.38. The Kier molecular flexibility index (Phi) is 4.15. The van der Waals surface area contributed by atoms with Crippen molar-refractivity contribution in [3.05, 3.63) is 71.2 Å². The summed E-state index contributed by atoms with van der Waals surface area (Å²) in [7, 11) is -1.45. The van der Waals surface area contributed by atoms with Gasteiger partial charge in [0.15, 0.2) is 5.58 Å². The third-order valence-electron chi connectivity index (χ3n) is 4.26. The summed E-state index contributed by atoms with van der Waals surface area (Å²) in [5.74, 6) is 3.42. The van der Waals surface area contributed by atoms with Crippen LogP contribution < -0.4 is 0 Å². The monoisotopic (exact) mass is 374 g/mol. The number of halogens is 1. The van der Waals surface area contributed by atoms with Crippen LogP contribution in [0.4, 0.5) is 0 Å². The van der Waals surface area contributed by atoms with Gasteiger partial charge in [0.2, 0.25) is 0 Å². The molecule has 0 fully saturated rings. The van der Waals surface area contributed by atoms with Crippen molar-refractivity contribution in [2.45, 2.75) is 19.6 Å². The van der Waals surface area contributed by atoms with Crippen LogP contribution in [0.2, 0.25) is 24.7 Å². The third kappa shape index (κ3) is 3.05. The van der Waals surface area contributed by atoms with E-state index in [2.05, 4.69) is 61.4 Å². The normalized spacial score (nSPS) is 11.5. The first-order valence-electron chi connectivity index (χ1n) is 8.66. The first kappa shape index (κ1) is 17.0. The molecular weight excluding hydrogens is 356 g/mol. The maximum absolute atomic E-state index is 6.35. The van der Waals surface area contributed by atoms with Gasteiger partial charge >= 0.3 is 0 Å². The summed E-state index contributed by atoms with van der Waals surface area (Å²) in [6, 6.07) is 20.4. The second kappa shape index (κ2) is 6.36. The largest absolute Gasteiger partial charge is 0.454 e. The highest BCUT2D eigenvalue weighted by Gasteiger charge is 2.15. The number of furan rings is 1. The van der Waals surface area contributed by atoms with E-state index in [1.807, 2.05) is 30.3 Å². The average molecular weight is 375 g/mol. The van der Waals surface area contributed by atoms with Crippen LogP contribution in [0.15, 0.2) is 65.1 Å². The fourth-order valence-electron chi connectivity index (χ4n) is 3.12. The van der Waals surface area contributed by atoms with Crippen molar-refractivity contribution in [1.82, 2.24) is 0 Å². The zero-order chi connectivity index (χ0) is 18.3. The van der Waals surface area contributed by atoms with Gasteiger partial charge in [0, 0.05) is 16.3 Å². The topological polar surface area (TPSA) is 13.1 Å². The fourth-order valence-corrected chi connectivity index (χ4v) is 3.84. The quantitative estimate of drug-likeness (QED) is 0.255. The summed E-state index contributed by atoms with van der Waals surface area (Å²) in [5, 5.41) is 2.76. The van der Waals surface area contributed by atoms with Crippen LogP contribution in [-0.4, -0.2) is 8.07 Å². The van der Waals surface area contributed by atoms with E-state index in [0.717, 1.165) is 38.6 Å². The number of hydrogen-bond acceptors (Lipinski definition) is 1. The first-order chi connectivity index (χ1) is 12.4. The van der Waals surface area contributed by atoms with Gasteiger partial charge in [0.05, 0.1) is 5.02 Å². The highest BCUT2D eigenvalue weighted by Crippen LogP contribution is 2.39. The van der Waals surface area contributed by atoms with E-state index in [-0.39, 0.29) is 0 Å². The van der Waals surface area contributed by atoms with Crippen molar-refractivity contribution < 1.29 is 4.42 Å². The Morgan fingerprint density at radius 2 is 1.58 bits per heavy atom. The van der Waals surface area contributed by atoms with Crippen molar-refractivity contribution in [2.24, 2.45) is 0 Å². The highest BCUT2D eigenvalue weighted by atomic mass is 35.5. The molecule has 0 atom stereocenters. The van der Waals surface area contributed by atoms with Gasteiger partial charge in [-0.15, -0.1) is 5.54 Å². The lowest BCUT2D eigenvalue weighted by atomic mass is 9.96. The summed E-state index contributed by atoms with van der Waals surface area (Å²) in [6.45, 7) is 6.78. The summed E-state index contributed by atoms with van der Waals surface area (Å²) in [4.78, 5) is 0. The van der Waals surface area contributed by atoms with E-state index in [0.29, 0.717) is 5.02 Å². The maximum Gasteiger partial charge on any atom is 0.154 e. The van der Waals surface area contributed by atoms with Gasteiger partial charge in [-0.25, -0.2) is 0 Å². The molecule has 1 aromatic heterocycles. The maximum atomic E-state index is 6.35. The number of fused-ring (bicyclic) bond motifs is 3. The van der Waals surface area contributed by atoms with Gasteiger partial charge in [0.25, 0.3) is 0 Å². The predicted octanol–water partition coefficient (Wildman–Crippen LogP) is 7.14. The molecule has 0 aliphatic rings. The zero-order valence-corrected chi connectivity index (χ0v) is 16.8. The molecule has 4 rings (SSSR count). The van der Waals surface area contributed by atoms with Gasteiger partial charge < -0.3 is 4.42 Å². The molecular formula is C23H19ClOSi. The molecule has 0 bridgehead atoms. The summed E-state index contributed by atoms with van der Waals surface area (Å²) >= 11 is 6.35. The zero-order valence-electron chi connectivity index (χ0n) is 15.1. The number of hydrogen-bond donors (Lipinski definition) is 0. The Morgan fingerprint density at radius 3 is 2.38 bits per heavy atom. The van der Waals surface area contributed by atoms with E-state index >= 15 is 0 Å². The molecule has 0 unspecified atom stereocenters. The van der Waals surface area contributed by atoms with Crippen LogP contribution in [0.25, 0.3) is 33.1 Å². The molecule has 0 saturated carbocycles. The van der Waals surface area contributed by atoms with Gasteiger partial charge in [-0.3, -0.25) is 0 Å². The second-order valence-corrected chi connectivity index (χ2v) is 12.6. The molecule has 0 radical (unpaired) electrons. The lowest BCUT2D eigenvalue weighted by Gasteiger charge is -2.08. The number of benzene rings is 3. The molecule has 128 valence electrons. The van der Waals surface area contributed by atoms with E-state index in [1.165, 1.54) is 0 Å². The van der Waals surface area contributed by atoms with E-state index < -0.39 is 8.07 Å². The van der Waals surface area contributed by atoms with Crippen LogP contribution in [0.1, 0.15) is 5.56 Å². The molecule has 1 nitrogen and oxygen atoms in total. The van der Waals surface area contributed by atoms with Gasteiger partial charge in [-0.2, -0.15) is 0 Å². The van der Waals surface area contributed by atoms with Gasteiger partial charge in [0.1, 0.15) is 13.7 Å². The third-order valence-corrected chi connectivity index (χ3v) is 5.44. The Balaban J connectivity index is 2.03. The molecule has 26 heavy (non-hydrogen) atoms. The molecule has 3 heteroatoms. The van der Waals surface area contributed by atoms with Crippen molar-refractivity contribution >= 4 is 41.6 Å². The van der Waals surface area contributed by atoms with Crippen molar-refractivity contribution in [1.29, 1.82) is 0 Å². The molecule has 0 amide bonds. The Hall–Kier alpha value is -2.47. The standard InChI is InChI=1S/C23H19ClOSi/c1-26(2,3)15-14-16-8-4-5-9-17(16)18-10-7-13-21-22(18)19-11-6-12-20(24)23(19)25-21/h4-13H,1-3H3. The van der Waals surface area contributed by atoms with Crippen molar-refractivity contribution in [2.75, 3.05) is 0 Å². The van der Waals surface area contributed by atoms with Crippen LogP contribution in [0, 0.1) is 11.5 Å². The van der Waals surface area contributed by atoms with Crippen molar-refractivity contribution in [3.8, 4) is 22.6 Å². The molecule has 0 N–H and O–H groups in total. The molecule has 0 spiro atoms. The Morgan fingerprint density at radius 1 is 0.846 bits per heavy atom. The molecule has 4 aromatic rings. The van der Waals surface area contributed by atoms with Gasteiger partial charge in [-0.05, 0) is 29.3 Å². The lowest BCUT2D eigenvalue weighted by molar-refractivity contribution is 0.669. The smallest absolute Gasteiger partial charge is 0.154 e. The highest BCUT2D eigenvalue weighted by molar-refractivity contribution is 6.83. The van der Waals surface area contributed by atoms with Crippen LogP contribution in [0.5, 0.6) is 0 Å². The minimum absolute atomic E-state index is 0.636. The predicted molar refractivity (Wildman–Crippen MR) is 114 cm³/mol. The van der Waals surface area contributed by atoms with E-state index in [4.69, 9.17) is 16.0 Å². The van der Waals surface area contributed by atoms with Gasteiger partial charge in [-0.1, -0.05) is 79.6 Å². The molecule has 0 aliphatic carbocycles. The van der Waals surface area contributed by atoms with Crippen molar-refractivity contribution in [3.63, 3.8) is 0 Å². The Labute approximate surface area is 159 Å². The average Bonchev–Trinajstić information content (AvgIpc) is 3.00. The summed E-state index contributed by atoms with van der Waals surface area (Å²) < 4.78 is 6.04. The lowest BCUT2D eigenvalue weighted by Crippen LogP contribution is -2.16. The second-order valence-electron chi connectivity index (χ2n) is 7.44. The fraction of sp³-hybridized carbons (Fsp3) is 0.130. The minimum atomic E-state index is -1.45. The van der Waals surface area contributed by atoms with Crippen LogP contribution in [0.3, 0.4) is 0 Å². The molecule has 0 saturated heterocycles. The van der Waals surface area contributed by atoms with Crippen LogP contribution in [-0.2, 0) is 0 Å². The minimum Gasteiger partial charge on any atom is -0.454 e. The number of para-hydroxylation sites is 1. The van der Waals surface area contributed by atoms with Crippen LogP contribution >= 0.6 is 11.6 Å². The van der Waals surface area contributed by atoms with E-state index in [1.54, 1.807) is 0 Å². The number of rotatable bonds is 1. The summed E-state index contributed by atoms with van der Waals surface area (Å²) in [6.07, 6.45) is 0. The SMILES string of the molecule is C[Si](C)(C)C#Cc1ccccc1-c1cccc2oc3c(Cl)cccc3c12. The first-order valence-corrected chi connectivity index (χ1v) is 12.5. The molecule has 0 aliphatic heterocycles. The Bertz CT molecular complexity index is 1190. The van der Waals surface area contributed by atoms with E-state index in [9.17, 15) is 0 Å². The molecule has 3 aromatic carbocycles.